The molecular weight excluding hydrogens is 342 g/mol. The molecule has 0 radical (unpaired) electrons. The number of hydrogen-bond donors (Lipinski definition) is 2. The minimum absolute atomic E-state index is 0.0366. The van der Waals surface area contributed by atoms with Crippen molar-refractivity contribution in [1.82, 2.24) is 4.90 Å². The molecule has 0 bridgehead atoms. The van der Waals surface area contributed by atoms with Gasteiger partial charge in [-0.1, -0.05) is 30.3 Å². The van der Waals surface area contributed by atoms with Crippen LogP contribution in [0, 0.1) is 0 Å². The van der Waals surface area contributed by atoms with Crippen molar-refractivity contribution in [2.75, 3.05) is 38.0 Å². The van der Waals surface area contributed by atoms with E-state index >= 15 is 0 Å². The Morgan fingerprint density at radius 2 is 1.59 bits per heavy atom. The molecule has 2 aromatic carbocycles. The summed E-state index contributed by atoms with van der Waals surface area (Å²) in [7, 11) is 0. The summed E-state index contributed by atoms with van der Waals surface area (Å²) in [5.74, 6) is -0.165. The maximum atomic E-state index is 12.5. The second kappa shape index (κ2) is 8.60. The zero-order chi connectivity index (χ0) is 19.2. The Hall–Kier alpha value is -2.99. The Balaban J connectivity index is 1.51. The van der Waals surface area contributed by atoms with E-state index in [-0.39, 0.29) is 17.6 Å². The van der Waals surface area contributed by atoms with Crippen LogP contribution in [0.2, 0.25) is 0 Å². The molecule has 0 spiro atoms. The van der Waals surface area contributed by atoms with Crippen LogP contribution in [0.25, 0.3) is 0 Å². The Morgan fingerprint density at radius 3 is 2.26 bits per heavy atom. The van der Waals surface area contributed by atoms with E-state index in [4.69, 9.17) is 0 Å². The first-order valence-electron chi connectivity index (χ1n) is 9.12. The number of amides is 2. The van der Waals surface area contributed by atoms with Gasteiger partial charge < -0.3 is 15.1 Å². The van der Waals surface area contributed by atoms with Crippen LogP contribution < -0.4 is 10.2 Å². The van der Waals surface area contributed by atoms with Gasteiger partial charge in [-0.25, -0.2) is 0 Å². The van der Waals surface area contributed by atoms with Crippen LogP contribution in [0.15, 0.2) is 54.6 Å². The molecule has 3 rings (SSSR count). The second-order valence-electron chi connectivity index (χ2n) is 6.73. The molecular formula is C21H24N3O3+. The number of nitrogens with zero attached hydrogens (tertiary/aromatic N) is 1. The van der Waals surface area contributed by atoms with E-state index in [1.807, 2.05) is 35.2 Å². The highest BCUT2D eigenvalue weighted by atomic mass is 16.2. The minimum atomic E-state index is -0.124. The predicted octanol–water partition coefficient (Wildman–Crippen LogP) is 0.869. The van der Waals surface area contributed by atoms with E-state index in [1.54, 1.807) is 24.3 Å². The highest BCUT2D eigenvalue weighted by molar-refractivity contribution is 6.03. The molecule has 140 valence electrons. The summed E-state index contributed by atoms with van der Waals surface area (Å²) in [6.45, 7) is 4.50. The van der Waals surface area contributed by atoms with E-state index in [1.165, 1.54) is 6.92 Å². The maximum absolute atomic E-state index is 12.5. The zero-order valence-electron chi connectivity index (χ0n) is 15.4. The third kappa shape index (κ3) is 4.80. The molecule has 2 aromatic rings. The van der Waals surface area contributed by atoms with Crippen LogP contribution in [-0.4, -0.2) is 55.2 Å². The third-order valence-electron chi connectivity index (χ3n) is 4.77. The average Bonchev–Trinajstić information content (AvgIpc) is 2.69. The average molecular weight is 366 g/mol. The molecule has 2 N–H and O–H groups in total. The first kappa shape index (κ1) is 18.8. The number of ketones is 1. The summed E-state index contributed by atoms with van der Waals surface area (Å²) in [5.41, 5.74) is 1.76. The zero-order valence-corrected chi connectivity index (χ0v) is 15.4. The fourth-order valence-corrected chi connectivity index (χ4v) is 3.29. The monoisotopic (exact) mass is 366 g/mol. The lowest BCUT2D eigenvalue weighted by Gasteiger charge is -2.32. The molecule has 1 aliphatic rings. The molecule has 0 saturated carbocycles. The summed E-state index contributed by atoms with van der Waals surface area (Å²) in [4.78, 5) is 39.5. The molecule has 1 fully saturated rings. The number of carbonyl (C=O) groups excluding carboxylic acids is 3. The number of benzene rings is 2. The lowest BCUT2D eigenvalue weighted by molar-refractivity contribution is -0.895. The number of hydrogen-bond acceptors (Lipinski definition) is 3. The van der Waals surface area contributed by atoms with Crippen molar-refractivity contribution in [2.24, 2.45) is 0 Å². The Bertz CT molecular complexity index is 828. The highest BCUT2D eigenvalue weighted by Crippen LogP contribution is 2.15. The first-order valence-corrected chi connectivity index (χ1v) is 9.12. The number of rotatable bonds is 5. The molecule has 0 aromatic heterocycles. The van der Waals surface area contributed by atoms with Gasteiger partial charge in [-0.05, 0) is 31.2 Å². The first-order chi connectivity index (χ1) is 13.0. The molecule has 0 atom stereocenters. The van der Waals surface area contributed by atoms with Gasteiger partial charge >= 0.3 is 0 Å². The van der Waals surface area contributed by atoms with Crippen LogP contribution in [0.4, 0.5) is 5.69 Å². The Kier molecular flexibility index (Phi) is 5.98. The van der Waals surface area contributed by atoms with Gasteiger partial charge in [0.1, 0.15) is 0 Å². The van der Waals surface area contributed by atoms with Gasteiger partial charge in [0.2, 0.25) is 0 Å². The van der Waals surface area contributed by atoms with Crippen LogP contribution in [0.3, 0.4) is 0 Å². The standard InChI is InChI=1S/C21H23N3O3/c1-16(25)18-9-5-6-10-19(18)22-20(26)15-23-11-13-24(14-12-23)21(27)17-7-3-2-4-8-17/h2-10H,11-15H2,1H3,(H,22,26)/p+1. The molecule has 6 nitrogen and oxygen atoms in total. The highest BCUT2D eigenvalue weighted by Gasteiger charge is 2.26. The van der Waals surface area contributed by atoms with Gasteiger partial charge in [0.15, 0.2) is 12.3 Å². The van der Waals surface area contributed by atoms with Crippen molar-refractivity contribution in [3.63, 3.8) is 0 Å². The third-order valence-corrected chi connectivity index (χ3v) is 4.77. The largest absolute Gasteiger partial charge is 0.327 e. The van der Waals surface area contributed by atoms with Crippen LogP contribution in [0.5, 0.6) is 0 Å². The van der Waals surface area contributed by atoms with Crippen LogP contribution >= 0.6 is 0 Å². The van der Waals surface area contributed by atoms with E-state index in [0.717, 1.165) is 18.0 Å². The Labute approximate surface area is 158 Å². The molecule has 1 saturated heterocycles. The lowest BCUT2D eigenvalue weighted by Crippen LogP contribution is -3.15. The molecule has 0 aliphatic carbocycles. The van der Waals surface area contributed by atoms with Gasteiger partial charge in [0, 0.05) is 11.1 Å². The molecule has 1 aliphatic heterocycles. The van der Waals surface area contributed by atoms with Crippen LogP contribution in [-0.2, 0) is 4.79 Å². The second-order valence-corrected chi connectivity index (χ2v) is 6.73. The van der Waals surface area contributed by atoms with E-state index in [2.05, 4.69) is 5.32 Å². The van der Waals surface area contributed by atoms with Gasteiger partial charge in [0.25, 0.3) is 11.8 Å². The van der Waals surface area contributed by atoms with Gasteiger partial charge in [-0.3, -0.25) is 14.4 Å². The number of anilines is 1. The number of para-hydroxylation sites is 1. The normalized spacial score (nSPS) is 14.6. The molecule has 2 amide bonds. The number of Topliss-reactive ketones (excluding diaryl/α,β-unsaturated/α-hetero) is 1. The number of piperazine rings is 1. The molecule has 1 heterocycles. The molecule has 27 heavy (non-hydrogen) atoms. The number of carbonyl (C=O) groups is 3. The summed E-state index contributed by atoms with van der Waals surface area (Å²) < 4.78 is 0. The van der Waals surface area contributed by atoms with Crippen LogP contribution in [0.1, 0.15) is 27.6 Å². The van der Waals surface area contributed by atoms with Crippen molar-refractivity contribution < 1.29 is 19.3 Å². The summed E-state index contributed by atoms with van der Waals surface area (Å²) in [6, 6.07) is 16.3. The topological polar surface area (TPSA) is 70.9 Å². The van der Waals surface area contributed by atoms with E-state index in [9.17, 15) is 14.4 Å². The van der Waals surface area contributed by atoms with Crippen molar-refractivity contribution in [1.29, 1.82) is 0 Å². The van der Waals surface area contributed by atoms with Gasteiger partial charge in [0.05, 0.1) is 31.9 Å². The molecule has 6 heteroatoms. The summed E-state index contributed by atoms with van der Waals surface area (Å²) in [6.07, 6.45) is 0. The number of quaternary nitrogens is 1. The fraction of sp³-hybridized carbons (Fsp3) is 0.286. The predicted molar refractivity (Wildman–Crippen MR) is 103 cm³/mol. The quantitative estimate of drug-likeness (QED) is 0.772. The Morgan fingerprint density at radius 1 is 0.963 bits per heavy atom. The molecule has 0 unspecified atom stereocenters. The number of nitrogens with one attached hydrogen (secondary N) is 2. The SMILES string of the molecule is CC(=O)c1ccccc1NC(=O)C[NH+]1CCN(C(=O)c2ccccc2)CC1. The van der Waals surface area contributed by atoms with Crippen molar-refractivity contribution >= 4 is 23.3 Å². The summed E-state index contributed by atoms with van der Waals surface area (Å²) in [5, 5.41) is 2.84. The van der Waals surface area contributed by atoms with Crippen molar-refractivity contribution in [3.8, 4) is 0 Å². The van der Waals surface area contributed by atoms with Gasteiger partial charge in [-0.2, -0.15) is 0 Å². The van der Waals surface area contributed by atoms with Gasteiger partial charge in [-0.15, -0.1) is 0 Å². The van der Waals surface area contributed by atoms with E-state index in [0.29, 0.717) is 36.4 Å². The summed E-state index contributed by atoms with van der Waals surface area (Å²) >= 11 is 0. The van der Waals surface area contributed by atoms with Crippen molar-refractivity contribution in [3.05, 3.63) is 65.7 Å². The maximum Gasteiger partial charge on any atom is 0.279 e. The smallest absolute Gasteiger partial charge is 0.279 e. The lowest BCUT2D eigenvalue weighted by atomic mass is 10.1. The van der Waals surface area contributed by atoms with E-state index < -0.39 is 0 Å². The minimum Gasteiger partial charge on any atom is -0.327 e. The van der Waals surface area contributed by atoms with Crippen molar-refractivity contribution in [2.45, 2.75) is 6.92 Å². The fourth-order valence-electron chi connectivity index (χ4n) is 3.29.